The maximum atomic E-state index is 13.7. The molecule has 2 rings (SSSR count). The normalized spacial score (nSPS) is 10.8. The van der Waals surface area contributed by atoms with Gasteiger partial charge >= 0.3 is 5.97 Å². The molecule has 0 amide bonds. The molecule has 0 atom stereocenters. The van der Waals surface area contributed by atoms with Crippen molar-refractivity contribution in [1.82, 2.24) is 0 Å². The van der Waals surface area contributed by atoms with Crippen molar-refractivity contribution >= 4 is 17.7 Å². The van der Waals surface area contributed by atoms with E-state index in [4.69, 9.17) is 0 Å². The Hall–Kier alpha value is -2.09. The number of hydrogen-bond donors (Lipinski definition) is 0. The summed E-state index contributed by atoms with van der Waals surface area (Å²) >= 11 is 0.861. The van der Waals surface area contributed by atoms with E-state index in [1.165, 1.54) is 7.11 Å². The third-order valence-corrected chi connectivity index (χ3v) is 4.35. The largest absolute Gasteiger partial charge is 0.469 e. The van der Waals surface area contributed by atoms with Crippen LogP contribution in [0.1, 0.15) is 11.1 Å². The average molecular weight is 362 g/mol. The molecule has 2 aromatic rings. The summed E-state index contributed by atoms with van der Waals surface area (Å²) in [5.41, 5.74) is -0.387. The van der Waals surface area contributed by atoms with E-state index in [-0.39, 0.29) is 6.42 Å². The van der Waals surface area contributed by atoms with Crippen LogP contribution in [0.25, 0.3) is 0 Å². The lowest BCUT2D eigenvalue weighted by Crippen LogP contribution is -2.07. The van der Waals surface area contributed by atoms with Crippen LogP contribution in [0.5, 0.6) is 0 Å². The zero-order chi connectivity index (χ0) is 17.9. The molecular weight excluding hydrogens is 351 g/mol. The van der Waals surface area contributed by atoms with Crippen LogP contribution in [0.3, 0.4) is 0 Å². The van der Waals surface area contributed by atoms with Gasteiger partial charge in [-0.05, 0) is 11.6 Å². The number of hydrogen-bond acceptors (Lipinski definition) is 3. The van der Waals surface area contributed by atoms with Crippen LogP contribution in [0.15, 0.2) is 29.2 Å². The summed E-state index contributed by atoms with van der Waals surface area (Å²) in [6.07, 6.45) is -0.0726. The minimum Gasteiger partial charge on any atom is -0.469 e. The van der Waals surface area contributed by atoms with Gasteiger partial charge in [0.05, 0.1) is 13.5 Å². The van der Waals surface area contributed by atoms with Crippen molar-refractivity contribution in [3.63, 3.8) is 0 Å². The first-order chi connectivity index (χ1) is 11.4. The molecule has 0 bridgehead atoms. The highest BCUT2D eigenvalue weighted by Gasteiger charge is 2.25. The minimum atomic E-state index is -2.19. The second kappa shape index (κ2) is 7.65. The summed E-state index contributed by atoms with van der Waals surface area (Å²) in [5, 5.41) is 0. The molecule has 0 unspecified atom stereocenters. The molecule has 2 nitrogen and oxygen atoms in total. The van der Waals surface area contributed by atoms with Gasteiger partial charge in [0.25, 0.3) is 0 Å². The molecule has 0 saturated heterocycles. The number of carbonyl (C=O) groups is 1. The zero-order valence-electron chi connectivity index (χ0n) is 12.3. The average Bonchev–Trinajstić information content (AvgIpc) is 2.59. The molecule has 0 saturated carbocycles. The summed E-state index contributed by atoms with van der Waals surface area (Å²) < 4.78 is 71.3. The van der Waals surface area contributed by atoms with Crippen molar-refractivity contribution in [3.05, 3.63) is 64.5 Å². The van der Waals surface area contributed by atoms with E-state index in [2.05, 4.69) is 4.74 Å². The lowest BCUT2D eigenvalue weighted by molar-refractivity contribution is -0.139. The molecule has 2 aromatic carbocycles. The lowest BCUT2D eigenvalue weighted by Gasteiger charge is -2.10. The number of thioether (sulfide) groups is 1. The number of carbonyl (C=O) groups excluding carboxylic acids is 1. The Kier molecular flexibility index (Phi) is 5.82. The van der Waals surface area contributed by atoms with Crippen LogP contribution >= 0.6 is 11.8 Å². The van der Waals surface area contributed by atoms with E-state index < -0.39 is 46.4 Å². The third-order valence-electron chi connectivity index (χ3n) is 3.21. The van der Waals surface area contributed by atoms with E-state index in [1.807, 2.05) is 0 Å². The Balaban J connectivity index is 2.28. The fourth-order valence-corrected chi connectivity index (χ4v) is 3.00. The van der Waals surface area contributed by atoms with Crippen LogP contribution in [0.2, 0.25) is 0 Å². The van der Waals surface area contributed by atoms with Gasteiger partial charge in [-0.1, -0.05) is 18.2 Å². The molecule has 128 valence electrons. The molecule has 8 heteroatoms. The van der Waals surface area contributed by atoms with Gasteiger partial charge < -0.3 is 4.74 Å². The number of esters is 1. The van der Waals surface area contributed by atoms with Gasteiger partial charge in [-0.25, -0.2) is 22.0 Å². The fourth-order valence-electron chi connectivity index (χ4n) is 1.95. The predicted octanol–water partition coefficient (Wildman–Crippen LogP) is 4.39. The Labute approximate surface area is 138 Å². The van der Waals surface area contributed by atoms with Crippen LogP contribution in [-0.4, -0.2) is 13.1 Å². The second-order valence-corrected chi connectivity index (χ2v) is 5.71. The summed E-state index contributed by atoms with van der Waals surface area (Å²) in [6, 6.07) is 6.47. The number of halogens is 5. The predicted molar refractivity (Wildman–Crippen MR) is 78.0 cm³/mol. The lowest BCUT2D eigenvalue weighted by atomic mass is 10.1. The van der Waals surface area contributed by atoms with Crippen molar-refractivity contribution < 1.29 is 31.5 Å². The maximum Gasteiger partial charge on any atom is 0.310 e. The van der Waals surface area contributed by atoms with E-state index in [0.717, 1.165) is 11.8 Å². The number of methoxy groups -OCH3 is 1. The van der Waals surface area contributed by atoms with E-state index in [0.29, 0.717) is 10.5 Å². The number of ether oxygens (including phenoxy) is 1. The molecular formula is C16H11F5O2S. The second-order valence-electron chi connectivity index (χ2n) is 4.70. The van der Waals surface area contributed by atoms with Crippen molar-refractivity contribution in [2.24, 2.45) is 0 Å². The van der Waals surface area contributed by atoms with Crippen molar-refractivity contribution in [3.8, 4) is 0 Å². The molecule has 0 fully saturated rings. The molecule has 0 aliphatic rings. The number of benzene rings is 2. The molecule has 0 aromatic heterocycles. The Morgan fingerprint density at radius 2 is 1.50 bits per heavy atom. The molecule has 0 N–H and O–H groups in total. The molecule has 0 spiro atoms. The van der Waals surface area contributed by atoms with Gasteiger partial charge in [-0.15, -0.1) is 11.8 Å². The molecule has 24 heavy (non-hydrogen) atoms. The van der Waals surface area contributed by atoms with E-state index in [1.54, 1.807) is 24.3 Å². The first-order valence-corrected chi connectivity index (χ1v) is 7.63. The third kappa shape index (κ3) is 3.69. The van der Waals surface area contributed by atoms with Gasteiger partial charge in [0, 0.05) is 16.2 Å². The monoisotopic (exact) mass is 362 g/mol. The van der Waals surface area contributed by atoms with Crippen LogP contribution in [0.4, 0.5) is 22.0 Å². The van der Waals surface area contributed by atoms with Gasteiger partial charge in [0.2, 0.25) is 5.82 Å². The summed E-state index contributed by atoms with van der Waals surface area (Å²) in [5.74, 6) is -10.9. The van der Waals surface area contributed by atoms with Gasteiger partial charge in [0.1, 0.15) is 0 Å². The minimum absolute atomic E-state index is 0.0726. The fraction of sp³-hybridized carbons (Fsp3) is 0.188. The highest BCUT2D eigenvalue weighted by atomic mass is 32.2. The highest BCUT2D eigenvalue weighted by Crippen LogP contribution is 2.31. The Morgan fingerprint density at radius 1 is 0.958 bits per heavy atom. The van der Waals surface area contributed by atoms with E-state index >= 15 is 0 Å². The first-order valence-electron chi connectivity index (χ1n) is 6.64. The van der Waals surface area contributed by atoms with E-state index in [9.17, 15) is 26.7 Å². The molecule has 0 heterocycles. The van der Waals surface area contributed by atoms with Crippen molar-refractivity contribution in [2.45, 2.75) is 17.1 Å². The first kappa shape index (κ1) is 18.3. The van der Waals surface area contributed by atoms with Crippen molar-refractivity contribution in [1.29, 1.82) is 0 Å². The van der Waals surface area contributed by atoms with Crippen LogP contribution in [-0.2, 0) is 21.7 Å². The Bertz CT molecular complexity index is 750. The standard InChI is InChI=1S/C16H11F5O2S/c1-23-11(22)6-8-4-2-3-5-10(8)24-7-9-12(17)14(19)16(21)15(20)13(9)18/h2-5H,6-7H2,1H3. The topological polar surface area (TPSA) is 26.3 Å². The van der Waals surface area contributed by atoms with Gasteiger partial charge in [0.15, 0.2) is 23.3 Å². The van der Waals surface area contributed by atoms with Crippen molar-refractivity contribution in [2.75, 3.05) is 7.11 Å². The highest BCUT2D eigenvalue weighted by molar-refractivity contribution is 7.98. The Morgan fingerprint density at radius 3 is 2.08 bits per heavy atom. The maximum absolute atomic E-state index is 13.7. The summed E-state index contributed by atoms with van der Waals surface area (Å²) in [7, 11) is 1.22. The van der Waals surface area contributed by atoms with Gasteiger partial charge in [-0.2, -0.15) is 0 Å². The summed E-state index contributed by atoms with van der Waals surface area (Å²) in [4.78, 5) is 11.8. The quantitative estimate of drug-likeness (QED) is 0.259. The number of rotatable bonds is 5. The van der Waals surface area contributed by atoms with Crippen LogP contribution in [0, 0.1) is 29.1 Å². The van der Waals surface area contributed by atoms with Gasteiger partial charge in [-0.3, -0.25) is 4.79 Å². The summed E-state index contributed by atoms with van der Waals surface area (Å²) in [6.45, 7) is 0. The smallest absolute Gasteiger partial charge is 0.310 e. The molecule has 0 radical (unpaired) electrons. The van der Waals surface area contributed by atoms with Crippen LogP contribution < -0.4 is 0 Å². The molecule has 0 aliphatic heterocycles. The molecule has 0 aliphatic carbocycles. The SMILES string of the molecule is COC(=O)Cc1ccccc1SCc1c(F)c(F)c(F)c(F)c1F. The zero-order valence-corrected chi connectivity index (χ0v) is 13.2.